The normalized spacial score (nSPS) is 17.4. The summed E-state index contributed by atoms with van der Waals surface area (Å²) in [5, 5.41) is 9.09. The second-order valence-corrected chi connectivity index (χ2v) is 7.29. The summed E-state index contributed by atoms with van der Waals surface area (Å²) in [6.07, 6.45) is 6.98. The summed E-state index contributed by atoms with van der Waals surface area (Å²) >= 11 is 0. The number of ether oxygens (including phenoxy) is 1. The number of aromatic amines is 1. The minimum Gasteiger partial charge on any atom is -0.370 e. The van der Waals surface area contributed by atoms with Crippen LogP contribution < -0.4 is 5.32 Å². The quantitative estimate of drug-likeness (QED) is 0.323. The van der Waals surface area contributed by atoms with Crippen molar-refractivity contribution in [2.24, 2.45) is 12.0 Å². The molecule has 2 aromatic heterocycles. The van der Waals surface area contributed by atoms with E-state index in [-0.39, 0.29) is 30.1 Å². The molecule has 156 valence electrons. The average molecular weight is 508 g/mol. The number of guanidine groups is 1. The molecule has 0 spiro atoms. The average Bonchev–Trinajstić information content (AvgIpc) is 3.33. The van der Waals surface area contributed by atoms with Crippen LogP contribution in [-0.2, 0) is 18.2 Å². The van der Waals surface area contributed by atoms with Crippen LogP contribution in [0.1, 0.15) is 22.8 Å². The number of hydrogen-bond donors (Lipinski definition) is 2. The Morgan fingerprint density at radius 1 is 1.41 bits per heavy atom. The van der Waals surface area contributed by atoms with Crippen LogP contribution in [0.5, 0.6) is 0 Å². The third-order valence-electron chi connectivity index (χ3n) is 5.36. The third-order valence-corrected chi connectivity index (χ3v) is 5.36. The summed E-state index contributed by atoms with van der Waals surface area (Å²) in [7, 11) is 3.77. The SMILES string of the molecule is CN=C(NCCc1c[nH]c2c(C)cccc12)N1CCOC(c2cnn(C)c2)C1.I. The Hall–Kier alpha value is -2.07. The van der Waals surface area contributed by atoms with E-state index in [1.54, 1.807) is 0 Å². The molecule has 7 nitrogen and oxygen atoms in total. The Morgan fingerprint density at radius 3 is 3.03 bits per heavy atom. The third kappa shape index (κ3) is 4.75. The van der Waals surface area contributed by atoms with Crippen molar-refractivity contribution in [3.05, 3.63) is 53.5 Å². The monoisotopic (exact) mass is 508 g/mol. The van der Waals surface area contributed by atoms with Gasteiger partial charge in [0.05, 0.1) is 19.3 Å². The van der Waals surface area contributed by atoms with Crippen molar-refractivity contribution in [1.29, 1.82) is 0 Å². The van der Waals surface area contributed by atoms with E-state index in [1.165, 1.54) is 22.0 Å². The molecule has 29 heavy (non-hydrogen) atoms. The van der Waals surface area contributed by atoms with Gasteiger partial charge in [0.1, 0.15) is 6.10 Å². The highest BCUT2D eigenvalue weighted by atomic mass is 127. The lowest BCUT2D eigenvalue weighted by Gasteiger charge is -2.34. The van der Waals surface area contributed by atoms with E-state index in [1.807, 2.05) is 31.2 Å². The van der Waals surface area contributed by atoms with Crippen molar-refractivity contribution in [1.82, 2.24) is 25.0 Å². The van der Waals surface area contributed by atoms with E-state index in [0.29, 0.717) is 6.61 Å². The van der Waals surface area contributed by atoms with Crippen LogP contribution in [0.25, 0.3) is 10.9 Å². The number of hydrogen-bond acceptors (Lipinski definition) is 3. The predicted molar refractivity (Wildman–Crippen MR) is 127 cm³/mol. The Morgan fingerprint density at radius 2 is 2.28 bits per heavy atom. The maximum atomic E-state index is 5.94. The van der Waals surface area contributed by atoms with Crippen LogP contribution in [0.4, 0.5) is 0 Å². The first kappa shape index (κ1) is 21.6. The second kappa shape index (κ2) is 9.62. The second-order valence-electron chi connectivity index (χ2n) is 7.29. The minimum absolute atomic E-state index is 0. The highest BCUT2D eigenvalue weighted by Crippen LogP contribution is 2.22. The number of aliphatic imine (C=N–C) groups is 1. The largest absolute Gasteiger partial charge is 0.370 e. The molecule has 3 aromatic rings. The smallest absolute Gasteiger partial charge is 0.193 e. The number of para-hydroxylation sites is 1. The molecule has 2 N–H and O–H groups in total. The number of H-pyrrole nitrogens is 1. The summed E-state index contributed by atoms with van der Waals surface area (Å²) in [6, 6.07) is 6.44. The zero-order valence-corrected chi connectivity index (χ0v) is 19.5. The number of aromatic nitrogens is 3. The number of morpholine rings is 1. The molecule has 1 aliphatic rings. The summed E-state index contributed by atoms with van der Waals surface area (Å²) in [6.45, 7) is 5.27. The van der Waals surface area contributed by atoms with Gasteiger partial charge in [-0.3, -0.25) is 9.67 Å². The Kier molecular flexibility index (Phi) is 7.18. The number of aryl methyl sites for hydroxylation is 2. The van der Waals surface area contributed by atoms with Crippen molar-refractivity contribution >= 4 is 40.8 Å². The van der Waals surface area contributed by atoms with Gasteiger partial charge < -0.3 is 19.9 Å². The number of fused-ring (bicyclic) bond motifs is 1. The van der Waals surface area contributed by atoms with Crippen molar-refractivity contribution in [2.45, 2.75) is 19.4 Å². The Labute approximate surface area is 188 Å². The lowest BCUT2D eigenvalue weighted by atomic mass is 10.1. The molecule has 1 fully saturated rings. The zero-order valence-electron chi connectivity index (χ0n) is 17.2. The minimum atomic E-state index is 0. The number of rotatable bonds is 4. The summed E-state index contributed by atoms with van der Waals surface area (Å²) in [5.41, 5.74) is 4.95. The highest BCUT2D eigenvalue weighted by molar-refractivity contribution is 14.0. The molecule has 8 heteroatoms. The molecule has 1 aliphatic heterocycles. The Bertz CT molecular complexity index is 979. The molecule has 3 heterocycles. The van der Waals surface area contributed by atoms with Crippen molar-refractivity contribution in [2.75, 3.05) is 33.3 Å². The molecule has 0 bridgehead atoms. The van der Waals surface area contributed by atoms with Crippen LogP contribution in [0.15, 0.2) is 41.8 Å². The van der Waals surface area contributed by atoms with Gasteiger partial charge in [0, 0.05) is 56.0 Å². The van der Waals surface area contributed by atoms with Gasteiger partial charge in [-0.25, -0.2) is 0 Å². The van der Waals surface area contributed by atoms with E-state index >= 15 is 0 Å². The molecule has 1 saturated heterocycles. The van der Waals surface area contributed by atoms with E-state index in [2.05, 4.69) is 56.6 Å². The molecule has 0 radical (unpaired) electrons. The molecule has 0 amide bonds. The fourth-order valence-electron chi connectivity index (χ4n) is 3.86. The molecule has 0 saturated carbocycles. The van der Waals surface area contributed by atoms with E-state index in [0.717, 1.165) is 37.6 Å². The summed E-state index contributed by atoms with van der Waals surface area (Å²) in [5.74, 6) is 0.924. The van der Waals surface area contributed by atoms with Gasteiger partial charge in [-0.1, -0.05) is 18.2 Å². The summed E-state index contributed by atoms with van der Waals surface area (Å²) in [4.78, 5) is 10.2. The summed E-state index contributed by atoms with van der Waals surface area (Å²) < 4.78 is 7.76. The number of nitrogens with one attached hydrogen (secondary N) is 2. The number of nitrogens with zero attached hydrogens (tertiary/aromatic N) is 4. The van der Waals surface area contributed by atoms with Gasteiger partial charge in [-0.15, -0.1) is 24.0 Å². The van der Waals surface area contributed by atoms with Crippen LogP contribution >= 0.6 is 24.0 Å². The van der Waals surface area contributed by atoms with Gasteiger partial charge in [0.2, 0.25) is 0 Å². The molecule has 1 unspecified atom stereocenters. The first-order valence-electron chi connectivity index (χ1n) is 9.77. The van der Waals surface area contributed by atoms with Gasteiger partial charge >= 0.3 is 0 Å². The lowest BCUT2D eigenvalue weighted by molar-refractivity contribution is -0.00800. The Balaban J connectivity index is 0.00000240. The lowest BCUT2D eigenvalue weighted by Crippen LogP contribution is -2.48. The molecule has 1 aromatic carbocycles. The van der Waals surface area contributed by atoms with Crippen molar-refractivity contribution in [3.8, 4) is 0 Å². The maximum absolute atomic E-state index is 5.94. The number of benzene rings is 1. The molecule has 1 atom stereocenters. The van der Waals surface area contributed by atoms with E-state index < -0.39 is 0 Å². The topological polar surface area (TPSA) is 70.5 Å². The van der Waals surface area contributed by atoms with E-state index in [9.17, 15) is 0 Å². The van der Waals surface area contributed by atoms with Gasteiger partial charge in [-0.2, -0.15) is 5.10 Å². The van der Waals surface area contributed by atoms with Crippen LogP contribution in [0.3, 0.4) is 0 Å². The maximum Gasteiger partial charge on any atom is 0.193 e. The van der Waals surface area contributed by atoms with Crippen molar-refractivity contribution in [3.63, 3.8) is 0 Å². The van der Waals surface area contributed by atoms with Crippen LogP contribution in [-0.4, -0.2) is 58.9 Å². The fourth-order valence-corrected chi connectivity index (χ4v) is 3.86. The zero-order chi connectivity index (χ0) is 19.5. The molecular formula is C21H29IN6O. The predicted octanol–water partition coefficient (Wildman–Crippen LogP) is 3.02. The number of halogens is 1. The van der Waals surface area contributed by atoms with Gasteiger partial charge in [0.25, 0.3) is 0 Å². The standard InChI is InChI=1S/C21H28N6O.HI/c1-15-5-4-6-18-16(11-24-20(15)18)7-8-23-21(22-2)27-9-10-28-19(14-27)17-12-25-26(3)13-17;/h4-6,11-13,19,24H,7-10,14H2,1-3H3,(H,22,23);1H. The van der Waals surface area contributed by atoms with Gasteiger partial charge in [0.15, 0.2) is 5.96 Å². The molecular weight excluding hydrogens is 479 g/mol. The van der Waals surface area contributed by atoms with E-state index in [4.69, 9.17) is 4.74 Å². The van der Waals surface area contributed by atoms with Crippen LogP contribution in [0, 0.1) is 6.92 Å². The van der Waals surface area contributed by atoms with Crippen LogP contribution in [0.2, 0.25) is 0 Å². The van der Waals surface area contributed by atoms with Gasteiger partial charge in [-0.05, 0) is 24.5 Å². The fraction of sp³-hybridized carbons (Fsp3) is 0.429. The molecule has 4 rings (SSSR count). The first-order valence-corrected chi connectivity index (χ1v) is 9.77. The first-order chi connectivity index (χ1) is 13.7. The highest BCUT2D eigenvalue weighted by Gasteiger charge is 2.25. The molecule has 0 aliphatic carbocycles. The van der Waals surface area contributed by atoms with Crippen molar-refractivity contribution < 1.29 is 4.74 Å².